The van der Waals surface area contributed by atoms with Crippen molar-refractivity contribution in [3.8, 4) is 0 Å². The Morgan fingerprint density at radius 3 is 2.57 bits per heavy atom. The zero-order valence-corrected chi connectivity index (χ0v) is 21.3. The molecule has 2 aliphatic rings. The maximum Gasteiger partial charge on any atom is 0.252 e. The molecule has 0 bridgehead atoms. The van der Waals surface area contributed by atoms with Crippen LogP contribution in [0, 0.1) is 0 Å². The lowest BCUT2D eigenvalue weighted by Crippen LogP contribution is -2.33. The third-order valence-corrected chi connectivity index (χ3v) is 8.36. The number of thioether (sulfide) groups is 1. The third-order valence-electron chi connectivity index (χ3n) is 7.19. The molecule has 6 nitrogen and oxygen atoms in total. The van der Waals surface area contributed by atoms with Crippen LogP contribution in [0.15, 0.2) is 82.6 Å². The summed E-state index contributed by atoms with van der Waals surface area (Å²) in [6.45, 7) is 0. The number of carbonyl (C=O) groups excluding carboxylic acids is 2. The molecule has 37 heavy (non-hydrogen) atoms. The van der Waals surface area contributed by atoms with Crippen LogP contribution >= 0.6 is 11.8 Å². The van der Waals surface area contributed by atoms with Crippen molar-refractivity contribution in [1.29, 1.82) is 0 Å². The van der Waals surface area contributed by atoms with Gasteiger partial charge in [-0.3, -0.25) is 19.0 Å². The normalized spacial score (nSPS) is 16.4. The number of amides is 2. The second-order valence-electron chi connectivity index (χ2n) is 9.66. The zero-order valence-electron chi connectivity index (χ0n) is 20.5. The van der Waals surface area contributed by atoms with Crippen LogP contribution in [-0.2, 0) is 11.2 Å². The quantitative estimate of drug-likeness (QED) is 0.378. The Morgan fingerprint density at radius 2 is 1.76 bits per heavy atom. The second-order valence-corrected chi connectivity index (χ2v) is 10.7. The fourth-order valence-corrected chi connectivity index (χ4v) is 6.67. The number of fused-ring (bicyclic) bond motifs is 2. The molecule has 1 aliphatic carbocycles. The summed E-state index contributed by atoms with van der Waals surface area (Å²) < 4.78 is 1.68. The molecule has 1 atom stereocenters. The predicted octanol–water partition coefficient (Wildman–Crippen LogP) is 5.11. The van der Waals surface area contributed by atoms with Gasteiger partial charge in [-0.25, -0.2) is 0 Å². The van der Waals surface area contributed by atoms with Gasteiger partial charge in [0.15, 0.2) is 0 Å². The van der Waals surface area contributed by atoms with Gasteiger partial charge in [0.1, 0.15) is 6.04 Å². The van der Waals surface area contributed by atoms with Crippen LogP contribution < -0.4 is 16.2 Å². The van der Waals surface area contributed by atoms with Crippen molar-refractivity contribution in [1.82, 2.24) is 9.88 Å². The van der Waals surface area contributed by atoms with E-state index in [1.54, 1.807) is 53.7 Å². The number of carbonyl (C=O) groups is 2. The van der Waals surface area contributed by atoms with Crippen LogP contribution in [0.2, 0.25) is 0 Å². The van der Waals surface area contributed by atoms with Gasteiger partial charge in [0.25, 0.3) is 11.5 Å². The Kier molecular flexibility index (Phi) is 6.08. The van der Waals surface area contributed by atoms with Crippen LogP contribution in [-0.4, -0.2) is 29.2 Å². The first-order valence-corrected chi connectivity index (χ1v) is 13.5. The van der Waals surface area contributed by atoms with Crippen molar-refractivity contribution in [3.63, 3.8) is 0 Å². The highest BCUT2D eigenvalue weighted by molar-refractivity contribution is 7.99. The average molecular weight is 510 g/mol. The Morgan fingerprint density at radius 1 is 0.973 bits per heavy atom. The third kappa shape index (κ3) is 4.44. The van der Waals surface area contributed by atoms with Crippen molar-refractivity contribution < 1.29 is 9.59 Å². The molecule has 186 valence electrons. The minimum atomic E-state index is -0.597. The van der Waals surface area contributed by atoms with E-state index in [4.69, 9.17) is 0 Å². The first-order valence-electron chi connectivity index (χ1n) is 12.5. The molecule has 1 saturated carbocycles. The standard InChI is InChI=1S/C30H27N3O3S/c1-31-28(35)21-9-5-10-23(15-21)32-29(36)25-17-37-30-27(19-12-13-19)22(16-26(34)33(25)30)14-20-8-4-7-18-6-2-3-11-24(18)20/h2-11,15-16,19,25H,12-14,17H2,1H3,(H,31,35)(H,32,36). The van der Waals surface area contributed by atoms with E-state index in [1.807, 2.05) is 6.07 Å². The molecule has 1 aliphatic heterocycles. The largest absolute Gasteiger partial charge is 0.355 e. The van der Waals surface area contributed by atoms with Gasteiger partial charge in [0.05, 0.1) is 5.03 Å². The summed E-state index contributed by atoms with van der Waals surface area (Å²) in [6.07, 6.45) is 2.91. The van der Waals surface area contributed by atoms with Crippen molar-refractivity contribution in [2.45, 2.75) is 36.2 Å². The Balaban J connectivity index is 1.33. The second kappa shape index (κ2) is 9.56. The van der Waals surface area contributed by atoms with E-state index in [-0.39, 0.29) is 17.4 Å². The molecule has 3 aromatic carbocycles. The van der Waals surface area contributed by atoms with Crippen molar-refractivity contribution in [2.75, 3.05) is 18.1 Å². The van der Waals surface area contributed by atoms with Crippen LogP contribution in [0.1, 0.15) is 51.8 Å². The first-order chi connectivity index (χ1) is 18.0. The molecule has 4 aromatic rings. The molecule has 2 amide bonds. The predicted molar refractivity (Wildman–Crippen MR) is 148 cm³/mol. The number of aromatic nitrogens is 1. The lowest BCUT2D eigenvalue weighted by atomic mass is 9.95. The van der Waals surface area contributed by atoms with Crippen molar-refractivity contribution >= 4 is 40.0 Å². The van der Waals surface area contributed by atoms with E-state index in [0.717, 1.165) is 23.4 Å². The van der Waals surface area contributed by atoms with Crippen molar-refractivity contribution in [2.24, 2.45) is 0 Å². The van der Waals surface area contributed by atoms with Gasteiger partial charge in [-0.2, -0.15) is 0 Å². The van der Waals surface area contributed by atoms with E-state index in [0.29, 0.717) is 29.3 Å². The van der Waals surface area contributed by atoms with Crippen molar-refractivity contribution in [3.05, 3.63) is 105 Å². The summed E-state index contributed by atoms with van der Waals surface area (Å²) in [7, 11) is 1.57. The van der Waals surface area contributed by atoms with Crippen LogP contribution in [0.5, 0.6) is 0 Å². The fourth-order valence-electron chi connectivity index (χ4n) is 5.25. The molecule has 0 radical (unpaired) electrons. The Bertz CT molecular complexity index is 1600. The van der Waals surface area contributed by atoms with Gasteiger partial charge in [-0.15, -0.1) is 11.8 Å². The topological polar surface area (TPSA) is 80.2 Å². The highest BCUT2D eigenvalue weighted by Crippen LogP contribution is 2.48. The molecule has 0 spiro atoms. The molecular formula is C30H27N3O3S. The van der Waals surface area contributed by atoms with Gasteiger partial charge in [0, 0.05) is 30.1 Å². The molecule has 1 unspecified atom stereocenters. The number of hydrogen-bond acceptors (Lipinski definition) is 4. The number of hydrogen-bond donors (Lipinski definition) is 2. The summed E-state index contributed by atoms with van der Waals surface area (Å²) in [5, 5.41) is 8.84. The Labute approximate surface area is 219 Å². The molecule has 1 fully saturated rings. The maximum absolute atomic E-state index is 13.4. The van der Waals surface area contributed by atoms with E-state index in [9.17, 15) is 14.4 Å². The van der Waals surface area contributed by atoms with Gasteiger partial charge < -0.3 is 10.6 Å². The van der Waals surface area contributed by atoms with Gasteiger partial charge in [-0.05, 0) is 70.8 Å². The molecule has 7 heteroatoms. The zero-order chi connectivity index (χ0) is 25.5. The van der Waals surface area contributed by atoms with Crippen LogP contribution in [0.25, 0.3) is 10.8 Å². The number of anilines is 1. The highest BCUT2D eigenvalue weighted by Gasteiger charge is 2.37. The summed E-state index contributed by atoms with van der Waals surface area (Å²) >= 11 is 1.60. The summed E-state index contributed by atoms with van der Waals surface area (Å²) in [4.78, 5) is 38.7. The van der Waals surface area contributed by atoms with E-state index in [2.05, 4.69) is 47.0 Å². The molecule has 1 aromatic heterocycles. The fraction of sp³-hybridized carbons (Fsp3) is 0.233. The smallest absolute Gasteiger partial charge is 0.252 e. The molecule has 2 N–H and O–H groups in total. The Hall–Kier alpha value is -3.84. The summed E-state index contributed by atoms with van der Waals surface area (Å²) in [5.74, 6) is 0.478. The molecular weight excluding hydrogens is 482 g/mol. The monoisotopic (exact) mass is 509 g/mol. The average Bonchev–Trinajstić information content (AvgIpc) is 3.65. The molecule has 2 heterocycles. The first kappa shape index (κ1) is 23.6. The van der Waals surface area contributed by atoms with Gasteiger partial charge >= 0.3 is 0 Å². The SMILES string of the molecule is CNC(=O)c1cccc(NC(=O)C2CSc3c(C4CC4)c(Cc4cccc5ccccc45)cc(=O)n32)c1. The molecule has 6 rings (SSSR count). The lowest BCUT2D eigenvalue weighted by Gasteiger charge is -2.18. The minimum Gasteiger partial charge on any atom is -0.355 e. The summed E-state index contributed by atoms with van der Waals surface area (Å²) in [5.41, 5.74) is 4.37. The van der Waals surface area contributed by atoms with Gasteiger partial charge in [0.2, 0.25) is 5.91 Å². The van der Waals surface area contributed by atoms with E-state index in [1.165, 1.54) is 21.9 Å². The minimum absolute atomic E-state index is 0.140. The number of pyridine rings is 1. The maximum atomic E-state index is 13.4. The van der Waals surface area contributed by atoms with Crippen LogP contribution in [0.4, 0.5) is 5.69 Å². The molecule has 0 saturated heterocycles. The number of rotatable bonds is 6. The van der Waals surface area contributed by atoms with Crippen LogP contribution in [0.3, 0.4) is 0 Å². The van der Waals surface area contributed by atoms with E-state index >= 15 is 0 Å². The number of nitrogens with zero attached hydrogens (tertiary/aromatic N) is 1. The highest BCUT2D eigenvalue weighted by atomic mass is 32.2. The number of benzene rings is 3. The number of nitrogens with one attached hydrogen (secondary N) is 2. The summed E-state index contributed by atoms with van der Waals surface area (Å²) in [6, 6.07) is 22.6. The van der Waals surface area contributed by atoms with E-state index < -0.39 is 6.04 Å². The lowest BCUT2D eigenvalue weighted by molar-refractivity contribution is -0.118. The van der Waals surface area contributed by atoms with Gasteiger partial charge in [-0.1, -0.05) is 48.5 Å².